The molecule has 4 heteroatoms. The molecule has 1 aliphatic carbocycles. The minimum atomic E-state index is -0.0461. The smallest absolute Gasteiger partial charge is 0.154 e. The van der Waals surface area contributed by atoms with Gasteiger partial charge in [0.05, 0.1) is 17.9 Å². The monoisotopic (exact) mass is 655 g/mol. The van der Waals surface area contributed by atoms with Gasteiger partial charge in [0.15, 0.2) is 5.58 Å². The number of nitrogens with zero attached hydrogens (tertiary/aromatic N) is 2. The highest BCUT2D eigenvalue weighted by Crippen LogP contribution is 2.48. The Morgan fingerprint density at radius 2 is 1.20 bits per heavy atom. The number of fused-ring (bicyclic) bond motifs is 6. The van der Waals surface area contributed by atoms with E-state index in [4.69, 9.17) is 9.41 Å². The first-order chi connectivity index (χ1) is 25.2. The lowest BCUT2D eigenvalue weighted by Gasteiger charge is -2.29. The molecule has 0 radical (unpaired) electrons. The highest BCUT2D eigenvalue weighted by Gasteiger charge is 2.30. The summed E-state index contributed by atoms with van der Waals surface area (Å²) in [6.45, 7) is 2.17. The van der Waals surface area contributed by atoms with Crippen molar-refractivity contribution in [3.05, 3.63) is 203 Å². The first-order valence-electron chi connectivity index (χ1n) is 17.5. The molecule has 0 amide bonds. The number of hydrogen-bond acceptors (Lipinski definition) is 4. The standard InChI is InChI=1S/C47H33N3O/c1-29-45(32-12-4-2-5-13-32)49-47(33-14-6-3-7-15-33)50-46(29)40-27-48-28-42-44(40)39-26-34(24-25-41(39)51-42)30-20-22-31(23-21-30)43-37-18-10-8-16-35(37)36-17-9-11-19-38(36)43/h2-28,43,45H,1H3,(H,49,50). The van der Waals surface area contributed by atoms with Gasteiger partial charge in [-0.2, -0.15) is 0 Å². The second kappa shape index (κ2) is 11.8. The molecule has 4 nitrogen and oxygen atoms in total. The second-order valence-corrected chi connectivity index (χ2v) is 13.4. The van der Waals surface area contributed by atoms with Gasteiger partial charge in [-0.25, -0.2) is 4.99 Å². The Morgan fingerprint density at radius 3 is 1.92 bits per heavy atom. The lowest BCUT2D eigenvalue weighted by Crippen LogP contribution is -2.33. The summed E-state index contributed by atoms with van der Waals surface area (Å²) in [6.07, 6.45) is 3.76. The predicted octanol–water partition coefficient (Wildman–Crippen LogP) is 11.3. The molecule has 0 fully saturated rings. The summed E-state index contributed by atoms with van der Waals surface area (Å²) in [5.74, 6) is 1.06. The summed E-state index contributed by atoms with van der Waals surface area (Å²) in [6, 6.07) is 54.0. The van der Waals surface area contributed by atoms with E-state index >= 15 is 0 Å². The van der Waals surface area contributed by atoms with E-state index in [1.54, 1.807) is 0 Å². The van der Waals surface area contributed by atoms with Crippen LogP contribution in [-0.4, -0.2) is 10.8 Å². The van der Waals surface area contributed by atoms with Crippen molar-refractivity contribution >= 4 is 33.5 Å². The summed E-state index contributed by atoms with van der Waals surface area (Å²) in [4.78, 5) is 9.93. The van der Waals surface area contributed by atoms with Gasteiger partial charge in [-0.15, -0.1) is 0 Å². The molecule has 242 valence electrons. The van der Waals surface area contributed by atoms with Crippen molar-refractivity contribution in [3.8, 4) is 22.3 Å². The molecule has 6 aromatic carbocycles. The number of amidine groups is 1. The maximum Gasteiger partial charge on any atom is 0.154 e. The number of nitrogens with one attached hydrogen (secondary N) is 1. The van der Waals surface area contributed by atoms with Crippen LogP contribution in [0, 0.1) is 0 Å². The van der Waals surface area contributed by atoms with Crippen molar-refractivity contribution in [2.24, 2.45) is 4.99 Å². The van der Waals surface area contributed by atoms with Gasteiger partial charge in [-0.05, 0) is 69.1 Å². The van der Waals surface area contributed by atoms with E-state index in [2.05, 4.69) is 151 Å². The number of aliphatic imine (C=N–C) groups is 1. The average molecular weight is 656 g/mol. The molecule has 1 atom stereocenters. The number of furan rings is 1. The molecule has 0 bridgehead atoms. The van der Waals surface area contributed by atoms with Gasteiger partial charge in [0.2, 0.25) is 0 Å². The number of hydrogen-bond donors (Lipinski definition) is 1. The van der Waals surface area contributed by atoms with Gasteiger partial charge in [-0.1, -0.05) is 140 Å². The first-order valence-corrected chi connectivity index (χ1v) is 17.5. The van der Waals surface area contributed by atoms with Crippen molar-refractivity contribution < 1.29 is 4.42 Å². The fourth-order valence-electron chi connectivity index (χ4n) is 8.08. The van der Waals surface area contributed by atoms with Crippen molar-refractivity contribution in [2.45, 2.75) is 18.9 Å². The average Bonchev–Trinajstić information content (AvgIpc) is 3.74. The zero-order valence-electron chi connectivity index (χ0n) is 28.0. The molecule has 0 spiro atoms. The zero-order chi connectivity index (χ0) is 33.9. The van der Waals surface area contributed by atoms with Gasteiger partial charge >= 0.3 is 0 Å². The van der Waals surface area contributed by atoms with E-state index in [0.717, 1.165) is 61.3 Å². The van der Waals surface area contributed by atoms with Crippen LogP contribution in [0.25, 0.3) is 49.9 Å². The van der Waals surface area contributed by atoms with Crippen molar-refractivity contribution in [3.63, 3.8) is 0 Å². The SMILES string of the molecule is CC1=C(c2cncc3oc4ccc(-c5ccc(C6c7ccccc7-c7ccccc76)cc5)cc4c23)N=C(c2ccccc2)NC1c1ccccc1. The molecule has 2 aliphatic rings. The minimum Gasteiger partial charge on any atom is -0.454 e. The van der Waals surface area contributed by atoms with Crippen LogP contribution in [0.4, 0.5) is 0 Å². The molecular weight excluding hydrogens is 623 g/mol. The van der Waals surface area contributed by atoms with E-state index < -0.39 is 0 Å². The summed E-state index contributed by atoms with van der Waals surface area (Å²) in [5.41, 5.74) is 15.8. The third-order valence-corrected chi connectivity index (χ3v) is 10.5. The molecule has 51 heavy (non-hydrogen) atoms. The molecule has 0 saturated carbocycles. The lowest BCUT2D eigenvalue weighted by atomic mass is 9.88. The fraction of sp³-hybridized carbons (Fsp3) is 0.0638. The van der Waals surface area contributed by atoms with E-state index in [1.807, 2.05) is 30.6 Å². The Morgan fingerprint density at radius 1 is 0.549 bits per heavy atom. The molecule has 8 aromatic rings. The largest absolute Gasteiger partial charge is 0.454 e. The molecule has 10 rings (SSSR count). The van der Waals surface area contributed by atoms with Crippen LogP contribution in [0.5, 0.6) is 0 Å². The van der Waals surface area contributed by atoms with Crippen LogP contribution in [0.15, 0.2) is 179 Å². The van der Waals surface area contributed by atoms with Gasteiger partial charge < -0.3 is 9.73 Å². The molecule has 2 aromatic heterocycles. The normalized spacial score (nSPS) is 15.5. The fourth-order valence-corrected chi connectivity index (χ4v) is 8.08. The predicted molar refractivity (Wildman–Crippen MR) is 208 cm³/mol. The van der Waals surface area contributed by atoms with Crippen LogP contribution >= 0.6 is 0 Å². The topological polar surface area (TPSA) is 50.4 Å². The number of rotatable bonds is 5. The number of aromatic nitrogens is 1. The van der Waals surface area contributed by atoms with Crippen LogP contribution in [0.2, 0.25) is 0 Å². The molecule has 3 heterocycles. The Hall–Kier alpha value is -6.52. The summed E-state index contributed by atoms with van der Waals surface area (Å²) in [7, 11) is 0. The van der Waals surface area contributed by atoms with Gasteiger partial charge in [-0.3, -0.25) is 4.98 Å². The van der Waals surface area contributed by atoms with E-state index in [0.29, 0.717) is 0 Å². The van der Waals surface area contributed by atoms with Crippen LogP contribution in [0.3, 0.4) is 0 Å². The maximum absolute atomic E-state index is 6.44. The van der Waals surface area contributed by atoms with Crippen molar-refractivity contribution in [2.75, 3.05) is 0 Å². The van der Waals surface area contributed by atoms with Crippen LogP contribution in [0.1, 0.15) is 52.3 Å². The Balaban J connectivity index is 1.08. The Labute approximate surface area is 296 Å². The maximum atomic E-state index is 6.44. The third kappa shape index (κ3) is 4.83. The first kappa shape index (κ1) is 29.4. The summed E-state index contributed by atoms with van der Waals surface area (Å²) < 4.78 is 6.44. The number of pyridine rings is 1. The Bertz CT molecular complexity index is 2620. The minimum absolute atomic E-state index is 0.0461. The van der Waals surface area contributed by atoms with Crippen LogP contribution in [-0.2, 0) is 0 Å². The van der Waals surface area contributed by atoms with E-state index in [9.17, 15) is 0 Å². The van der Waals surface area contributed by atoms with Gasteiger partial charge in [0.25, 0.3) is 0 Å². The lowest BCUT2D eigenvalue weighted by molar-refractivity contribution is 0.667. The highest BCUT2D eigenvalue weighted by atomic mass is 16.3. The molecule has 1 unspecified atom stereocenters. The summed E-state index contributed by atoms with van der Waals surface area (Å²) >= 11 is 0. The van der Waals surface area contributed by atoms with Crippen molar-refractivity contribution in [1.82, 2.24) is 10.3 Å². The quantitative estimate of drug-likeness (QED) is 0.201. The second-order valence-electron chi connectivity index (χ2n) is 13.4. The summed E-state index contributed by atoms with van der Waals surface area (Å²) in [5, 5.41) is 5.80. The third-order valence-electron chi connectivity index (χ3n) is 10.5. The number of benzene rings is 6. The van der Waals surface area contributed by atoms with Gasteiger partial charge in [0.1, 0.15) is 11.4 Å². The molecule has 1 N–H and O–H groups in total. The highest BCUT2D eigenvalue weighted by molar-refractivity contribution is 6.13. The molecule has 1 aliphatic heterocycles. The molecule has 0 saturated heterocycles. The molecular formula is C47H33N3O. The van der Waals surface area contributed by atoms with E-state index in [1.165, 1.54) is 33.4 Å². The van der Waals surface area contributed by atoms with Gasteiger partial charge in [0, 0.05) is 34.0 Å². The van der Waals surface area contributed by atoms with E-state index in [-0.39, 0.29) is 12.0 Å². The Kier molecular flexibility index (Phi) is 6.81. The zero-order valence-corrected chi connectivity index (χ0v) is 28.0. The van der Waals surface area contributed by atoms with Crippen molar-refractivity contribution in [1.29, 1.82) is 0 Å². The van der Waals surface area contributed by atoms with Crippen LogP contribution < -0.4 is 5.32 Å².